The number of imidazole rings is 1. The number of nitrogens with zero attached hydrogens (tertiary/aromatic N) is 4. The van der Waals surface area contributed by atoms with Gasteiger partial charge < -0.3 is 20.7 Å². The van der Waals surface area contributed by atoms with Crippen LogP contribution >= 0.6 is 35.0 Å². The molecular formula is C17H20Cl2N6OS. The molecule has 1 atom stereocenters. The number of rotatable bonds is 8. The van der Waals surface area contributed by atoms with Gasteiger partial charge in [0.15, 0.2) is 22.1 Å². The molecule has 0 saturated heterocycles. The predicted molar refractivity (Wildman–Crippen MR) is 109 cm³/mol. The van der Waals surface area contributed by atoms with Crippen LogP contribution in [-0.4, -0.2) is 43.8 Å². The summed E-state index contributed by atoms with van der Waals surface area (Å²) in [5, 5.41) is 14.4. The van der Waals surface area contributed by atoms with Gasteiger partial charge in [0.05, 0.1) is 6.10 Å². The van der Waals surface area contributed by atoms with Crippen LogP contribution in [0.25, 0.3) is 11.2 Å². The molecule has 1 aromatic carbocycles. The fraction of sp³-hybridized carbons (Fsp3) is 0.353. The van der Waals surface area contributed by atoms with Gasteiger partial charge >= 0.3 is 0 Å². The summed E-state index contributed by atoms with van der Waals surface area (Å²) >= 11 is 13.7. The van der Waals surface area contributed by atoms with Gasteiger partial charge in [-0.25, -0.2) is 15.0 Å². The van der Waals surface area contributed by atoms with Crippen LogP contribution in [0.15, 0.2) is 34.6 Å². The minimum atomic E-state index is -0.370. The van der Waals surface area contributed by atoms with E-state index in [0.29, 0.717) is 40.1 Å². The molecular weight excluding hydrogens is 407 g/mol. The molecule has 4 N–H and O–H groups in total. The quantitative estimate of drug-likeness (QED) is 0.475. The zero-order valence-electron chi connectivity index (χ0n) is 14.7. The van der Waals surface area contributed by atoms with Gasteiger partial charge in [0.2, 0.25) is 0 Å². The van der Waals surface area contributed by atoms with Crippen molar-refractivity contribution in [1.29, 1.82) is 0 Å². The van der Waals surface area contributed by atoms with Crippen LogP contribution in [0.4, 0.5) is 5.82 Å². The number of aliphatic hydroxyl groups is 1. The standard InChI is InChI=1S/C17H20Cl2N6OS/c1-10(26)8-21-3-2-4-25-16-14(15(20)22-9-23-16)24-17(25)27-13-6-11(18)5-12(19)7-13/h5-7,9-10,21,26H,2-4,8H2,1H3,(H2,20,22,23). The van der Waals surface area contributed by atoms with Gasteiger partial charge in [0, 0.05) is 28.0 Å². The lowest BCUT2D eigenvalue weighted by molar-refractivity contribution is 0.191. The molecule has 0 fully saturated rings. The van der Waals surface area contributed by atoms with E-state index >= 15 is 0 Å². The van der Waals surface area contributed by atoms with Crippen molar-refractivity contribution in [2.45, 2.75) is 36.0 Å². The first-order valence-electron chi connectivity index (χ1n) is 8.43. The van der Waals surface area contributed by atoms with Crippen molar-refractivity contribution in [3.05, 3.63) is 34.6 Å². The van der Waals surface area contributed by atoms with Crippen LogP contribution in [-0.2, 0) is 6.54 Å². The Hall–Kier alpha value is -1.58. The van der Waals surface area contributed by atoms with E-state index in [2.05, 4.69) is 20.3 Å². The van der Waals surface area contributed by atoms with E-state index in [1.807, 2.05) is 16.7 Å². The molecule has 2 heterocycles. The number of nitrogens with one attached hydrogen (secondary N) is 1. The van der Waals surface area contributed by atoms with Crippen LogP contribution in [0.1, 0.15) is 13.3 Å². The summed E-state index contributed by atoms with van der Waals surface area (Å²) in [5.41, 5.74) is 7.23. The predicted octanol–water partition coefficient (Wildman–Crippen LogP) is 3.23. The first-order valence-corrected chi connectivity index (χ1v) is 10.0. The highest BCUT2D eigenvalue weighted by Gasteiger charge is 2.16. The Labute approximate surface area is 171 Å². The molecule has 3 rings (SSSR count). The maximum atomic E-state index is 9.33. The highest BCUT2D eigenvalue weighted by Crippen LogP contribution is 2.33. The third-order valence-electron chi connectivity index (χ3n) is 3.75. The van der Waals surface area contributed by atoms with Crippen molar-refractivity contribution in [3.8, 4) is 0 Å². The SMILES string of the molecule is CC(O)CNCCCn1c(Sc2cc(Cl)cc(Cl)c2)nc2c(N)ncnc21. The van der Waals surface area contributed by atoms with Crippen molar-refractivity contribution < 1.29 is 5.11 Å². The highest BCUT2D eigenvalue weighted by atomic mass is 35.5. The lowest BCUT2D eigenvalue weighted by Gasteiger charge is -2.10. The third kappa shape index (κ3) is 5.24. The topological polar surface area (TPSA) is 102 Å². The molecule has 7 nitrogen and oxygen atoms in total. The number of halogens is 2. The van der Waals surface area contributed by atoms with Crippen molar-refractivity contribution in [2.75, 3.05) is 18.8 Å². The van der Waals surface area contributed by atoms with Gasteiger partial charge in [0.1, 0.15) is 6.33 Å². The Bertz CT molecular complexity index is 913. The van der Waals surface area contributed by atoms with E-state index in [4.69, 9.17) is 28.9 Å². The van der Waals surface area contributed by atoms with Crippen molar-refractivity contribution >= 4 is 51.9 Å². The molecule has 3 aromatic rings. The lowest BCUT2D eigenvalue weighted by atomic mass is 10.3. The van der Waals surface area contributed by atoms with Crippen LogP contribution in [0.3, 0.4) is 0 Å². The summed E-state index contributed by atoms with van der Waals surface area (Å²) in [4.78, 5) is 13.9. The Balaban J connectivity index is 1.85. The molecule has 0 amide bonds. The number of hydrogen-bond acceptors (Lipinski definition) is 7. The first kappa shape index (κ1) is 20.2. The maximum Gasteiger partial charge on any atom is 0.175 e. The summed E-state index contributed by atoms with van der Waals surface area (Å²) in [6.45, 7) is 3.76. The molecule has 144 valence electrons. The van der Waals surface area contributed by atoms with Gasteiger partial charge in [-0.15, -0.1) is 0 Å². The van der Waals surface area contributed by atoms with Crippen molar-refractivity contribution in [1.82, 2.24) is 24.8 Å². The number of nitrogen functional groups attached to an aromatic ring is 1. The number of aryl methyl sites for hydroxylation is 1. The highest BCUT2D eigenvalue weighted by molar-refractivity contribution is 7.99. The van der Waals surface area contributed by atoms with Crippen LogP contribution in [0.5, 0.6) is 0 Å². The molecule has 0 spiro atoms. The molecule has 2 aromatic heterocycles. The summed E-state index contributed by atoms with van der Waals surface area (Å²) < 4.78 is 2.01. The Morgan fingerprint density at radius 3 is 2.70 bits per heavy atom. The minimum absolute atomic E-state index is 0.344. The summed E-state index contributed by atoms with van der Waals surface area (Å²) in [7, 11) is 0. The summed E-state index contributed by atoms with van der Waals surface area (Å²) in [6.07, 6.45) is 1.91. The molecule has 27 heavy (non-hydrogen) atoms. The fourth-order valence-corrected chi connectivity index (χ4v) is 4.24. The number of hydrogen-bond donors (Lipinski definition) is 3. The number of benzene rings is 1. The summed E-state index contributed by atoms with van der Waals surface area (Å²) in [5.74, 6) is 0.344. The smallest absolute Gasteiger partial charge is 0.175 e. The second-order valence-corrected chi connectivity index (χ2v) is 8.00. The van der Waals surface area contributed by atoms with Gasteiger partial charge in [-0.2, -0.15) is 0 Å². The van der Waals surface area contributed by atoms with Crippen molar-refractivity contribution in [2.24, 2.45) is 0 Å². The zero-order chi connectivity index (χ0) is 19.4. The third-order valence-corrected chi connectivity index (χ3v) is 5.15. The second kappa shape index (κ2) is 9.07. The summed E-state index contributed by atoms with van der Waals surface area (Å²) in [6, 6.07) is 5.36. The zero-order valence-corrected chi connectivity index (χ0v) is 17.0. The maximum absolute atomic E-state index is 9.33. The minimum Gasteiger partial charge on any atom is -0.392 e. The molecule has 0 aliphatic heterocycles. The van der Waals surface area contributed by atoms with Gasteiger partial charge in [-0.3, -0.25) is 0 Å². The fourth-order valence-electron chi connectivity index (χ4n) is 2.58. The number of anilines is 1. The number of fused-ring (bicyclic) bond motifs is 1. The van der Waals surface area contributed by atoms with Crippen LogP contribution in [0.2, 0.25) is 10.0 Å². The van der Waals surface area contributed by atoms with Gasteiger partial charge in [-0.05, 0) is 38.1 Å². The monoisotopic (exact) mass is 426 g/mol. The normalized spacial score (nSPS) is 12.6. The van der Waals surface area contributed by atoms with E-state index in [-0.39, 0.29) is 6.10 Å². The van der Waals surface area contributed by atoms with Gasteiger partial charge in [-0.1, -0.05) is 35.0 Å². The van der Waals surface area contributed by atoms with Gasteiger partial charge in [0.25, 0.3) is 0 Å². The average Bonchev–Trinajstić information content (AvgIpc) is 2.92. The largest absolute Gasteiger partial charge is 0.392 e. The van der Waals surface area contributed by atoms with Crippen LogP contribution in [0, 0.1) is 0 Å². The van der Waals surface area contributed by atoms with E-state index < -0.39 is 0 Å². The molecule has 0 saturated carbocycles. The van der Waals surface area contributed by atoms with E-state index in [9.17, 15) is 5.11 Å². The number of aliphatic hydroxyl groups excluding tert-OH is 1. The van der Waals surface area contributed by atoms with Crippen molar-refractivity contribution in [3.63, 3.8) is 0 Å². The molecule has 1 unspecified atom stereocenters. The lowest BCUT2D eigenvalue weighted by Crippen LogP contribution is -2.26. The number of nitrogens with two attached hydrogens (primary N) is 1. The van der Waals surface area contributed by atoms with E-state index in [0.717, 1.165) is 23.0 Å². The van der Waals surface area contributed by atoms with Crippen LogP contribution < -0.4 is 11.1 Å². The Morgan fingerprint density at radius 1 is 1.26 bits per heavy atom. The second-order valence-electron chi connectivity index (χ2n) is 6.09. The van der Waals surface area contributed by atoms with E-state index in [1.165, 1.54) is 18.1 Å². The molecule has 0 radical (unpaired) electrons. The molecule has 0 aliphatic carbocycles. The average molecular weight is 427 g/mol. The number of aromatic nitrogens is 4. The Morgan fingerprint density at radius 2 is 2.00 bits per heavy atom. The molecule has 0 aliphatic rings. The molecule has 0 bridgehead atoms. The Kier molecular flexibility index (Phi) is 6.78. The first-order chi connectivity index (χ1) is 12.9. The molecule has 10 heteroatoms. The van der Waals surface area contributed by atoms with E-state index in [1.54, 1.807) is 13.0 Å².